The highest BCUT2D eigenvalue weighted by atomic mass is 15.2. The molecule has 15 aromatic rings. The third kappa shape index (κ3) is 13.7. The van der Waals surface area contributed by atoms with Gasteiger partial charge in [0.15, 0.2) is 5.69 Å². The number of aromatic nitrogens is 1. The zero-order valence-corrected chi connectivity index (χ0v) is 70.5. The number of anilines is 6. The van der Waals surface area contributed by atoms with Gasteiger partial charge in [0.1, 0.15) is 0 Å². The van der Waals surface area contributed by atoms with Gasteiger partial charge in [0.2, 0.25) is 0 Å². The fourth-order valence-electron chi connectivity index (χ4n) is 17.5. The number of benzene rings is 14. The van der Waals surface area contributed by atoms with E-state index in [0.717, 1.165) is 123 Å². The van der Waals surface area contributed by atoms with Crippen molar-refractivity contribution in [3.05, 3.63) is 342 Å². The van der Waals surface area contributed by atoms with E-state index >= 15 is 0 Å². The van der Waals surface area contributed by atoms with Crippen LogP contribution in [0.1, 0.15) is 164 Å². The summed E-state index contributed by atoms with van der Waals surface area (Å²) in [4.78, 5) is 9.36. The molecule has 570 valence electrons. The molecule has 6 heteroatoms. The number of nitrogens with zero attached hydrogens (tertiary/aromatic N) is 5. The lowest BCUT2D eigenvalue weighted by Crippen LogP contribution is -2.61. The molecule has 116 heavy (non-hydrogen) atoms. The molecule has 0 atom stereocenters. The highest BCUT2D eigenvalue weighted by molar-refractivity contribution is 7.00. The van der Waals surface area contributed by atoms with Crippen LogP contribution in [0.25, 0.3) is 110 Å². The summed E-state index contributed by atoms with van der Waals surface area (Å²) in [5, 5.41) is 12.7. The van der Waals surface area contributed by atoms with Crippen LogP contribution in [0.4, 0.5) is 39.8 Å². The molecule has 5 nitrogen and oxygen atoms in total. The van der Waals surface area contributed by atoms with E-state index in [2.05, 4.69) is 417 Å². The van der Waals surface area contributed by atoms with Gasteiger partial charge in [-0.3, -0.25) is 0 Å². The summed E-state index contributed by atoms with van der Waals surface area (Å²) in [6.07, 6.45) is 0. The predicted molar refractivity (Wildman–Crippen MR) is 496 cm³/mol. The molecule has 0 saturated heterocycles. The van der Waals surface area contributed by atoms with Gasteiger partial charge < -0.3 is 14.4 Å². The molecule has 1 aromatic heterocycles. The lowest BCUT2D eigenvalue weighted by Gasteiger charge is -2.46. The molecule has 14 aromatic carbocycles. The van der Waals surface area contributed by atoms with Crippen molar-refractivity contribution in [3.8, 4) is 89.6 Å². The molecule has 0 saturated carbocycles. The third-order valence-electron chi connectivity index (χ3n) is 24.3. The number of para-hydroxylation sites is 2. The van der Waals surface area contributed by atoms with Crippen LogP contribution in [0.5, 0.6) is 0 Å². The van der Waals surface area contributed by atoms with Crippen molar-refractivity contribution in [1.82, 2.24) is 4.57 Å². The Balaban J connectivity index is 1.10. The van der Waals surface area contributed by atoms with Gasteiger partial charge in [0, 0.05) is 61.5 Å². The summed E-state index contributed by atoms with van der Waals surface area (Å²) < 4.78 is 2.50. The maximum atomic E-state index is 10.3. The van der Waals surface area contributed by atoms with Crippen molar-refractivity contribution >= 4 is 84.7 Å². The second kappa shape index (κ2) is 28.2. The Bertz CT molecular complexity index is 6400. The molecular formula is C110H102BN5. The Morgan fingerprint density at radius 2 is 0.681 bits per heavy atom. The molecule has 2 aliphatic heterocycles. The van der Waals surface area contributed by atoms with Crippen LogP contribution in [0.15, 0.2) is 291 Å². The van der Waals surface area contributed by atoms with Crippen LogP contribution in [0, 0.1) is 17.9 Å². The zero-order chi connectivity index (χ0) is 81.4. The first kappa shape index (κ1) is 76.2. The minimum absolute atomic E-state index is 0.105. The number of hydrogen-bond donors (Lipinski definition) is 0. The van der Waals surface area contributed by atoms with Gasteiger partial charge in [-0.1, -0.05) is 337 Å². The second-order valence-electron chi connectivity index (χ2n) is 38.5. The van der Waals surface area contributed by atoms with Gasteiger partial charge in [-0.15, -0.1) is 0 Å². The van der Waals surface area contributed by atoms with E-state index in [-0.39, 0.29) is 33.8 Å². The average molecular weight is 1500 g/mol. The molecule has 0 aliphatic carbocycles. The molecule has 0 bridgehead atoms. The minimum Gasteiger partial charge on any atom is -0.310 e. The molecule has 0 unspecified atom stereocenters. The van der Waals surface area contributed by atoms with Gasteiger partial charge in [0.25, 0.3) is 6.71 Å². The maximum absolute atomic E-state index is 10.3. The SMILES string of the molecule is [C-]#[N+]c1ccc(-c2cc(-c3ccccc3)c(N3c4cc(-n5c6ccccc6c6ccccc65)ccc4B4c5cc(-c6cccc(C(C)(C)C)c6)ccc5N(c5c(-c6ccccc6)cc(-c6ccc(C#N)cc6)cc5-c5cc(C(C)(C)C)cc(C(C)(C)C)c5)c5cc(C(C)(C)C)cc3c54)c(-c3cc(C(C)(C)C)cc(C(C)(C)C)c3)c2)cc1. The lowest BCUT2D eigenvalue weighted by atomic mass is 9.33. The molecule has 0 amide bonds. The predicted octanol–water partition coefficient (Wildman–Crippen LogP) is 28.7. The highest BCUT2D eigenvalue weighted by Crippen LogP contribution is 2.57. The van der Waals surface area contributed by atoms with E-state index < -0.39 is 5.41 Å². The van der Waals surface area contributed by atoms with Gasteiger partial charge in [-0.2, -0.15) is 5.26 Å². The summed E-state index contributed by atoms with van der Waals surface area (Å²) >= 11 is 0. The Kier molecular flexibility index (Phi) is 18.5. The van der Waals surface area contributed by atoms with Gasteiger partial charge in [-0.25, -0.2) is 4.85 Å². The van der Waals surface area contributed by atoms with Crippen LogP contribution in [0.3, 0.4) is 0 Å². The van der Waals surface area contributed by atoms with E-state index in [1.54, 1.807) is 0 Å². The molecule has 3 heterocycles. The molecule has 0 fully saturated rings. The van der Waals surface area contributed by atoms with E-state index in [1.807, 2.05) is 24.3 Å². The van der Waals surface area contributed by atoms with Crippen molar-refractivity contribution in [3.63, 3.8) is 0 Å². The topological polar surface area (TPSA) is 39.6 Å². The highest BCUT2D eigenvalue weighted by Gasteiger charge is 2.47. The van der Waals surface area contributed by atoms with Crippen molar-refractivity contribution in [1.29, 1.82) is 5.26 Å². The van der Waals surface area contributed by atoms with E-state index in [9.17, 15) is 5.26 Å². The fourth-order valence-corrected chi connectivity index (χ4v) is 17.5. The minimum atomic E-state index is -0.409. The molecule has 0 radical (unpaired) electrons. The van der Waals surface area contributed by atoms with E-state index in [0.29, 0.717) is 11.3 Å². The van der Waals surface area contributed by atoms with E-state index in [4.69, 9.17) is 6.57 Å². The zero-order valence-electron chi connectivity index (χ0n) is 70.5. The van der Waals surface area contributed by atoms with Crippen LogP contribution in [0.2, 0.25) is 0 Å². The lowest BCUT2D eigenvalue weighted by molar-refractivity contribution is 0.568. The Hall–Kier alpha value is -12.5. The Labute approximate surface area is 688 Å². The van der Waals surface area contributed by atoms with Crippen LogP contribution in [-0.4, -0.2) is 11.3 Å². The third-order valence-corrected chi connectivity index (χ3v) is 24.3. The van der Waals surface area contributed by atoms with Gasteiger partial charge in [-0.05, 0) is 217 Å². The van der Waals surface area contributed by atoms with Crippen molar-refractivity contribution in [2.24, 2.45) is 0 Å². The summed E-state index contributed by atoms with van der Waals surface area (Å²) in [6.45, 7) is 50.1. The van der Waals surface area contributed by atoms with Crippen molar-refractivity contribution in [2.45, 2.75) is 157 Å². The van der Waals surface area contributed by atoms with Crippen LogP contribution < -0.4 is 26.2 Å². The van der Waals surface area contributed by atoms with Gasteiger partial charge in [0.05, 0.1) is 40.6 Å². The first-order chi connectivity index (χ1) is 55.2. The van der Waals surface area contributed by atoms with Crippen LogP contribution >= 0.6 is 0 Å². The molecule has 17 rings (SSSR count). The van der Waals surface area contributed by atoms with Crippen molar-refractivity contribution < 1.29 is 0 Å². The summed E-state index contributed by atoms with van der Waals surface area (Å²) in [7, 11) is 0. The largest absolute Gasteiger partial charge is 0.310 e. The summed E-state index contributed by atoms with van der Waals surface area (Å²) in [6, 6.07) is 113. The molecular weight excluding hydrogens is 1400 g/mol. The number of nitriles is 1. The van der Waals surface area contributed by atoms with Crippen LogP contribution in [-0.2, 0) is 32.5 Å². The normalized spacial score (nSPS) is 13.0. The number of fused-ring (bicyclic) bond motifs is 7. The molecule has 0 spiro atoms. The quantitative estimate of drug-likeness (QED) is 0.101. The smallest absolute Gasteiger partial charge is 0.252 e. The van der Waals surface area contributed by atoms with Gasteiger partial charge >= 0.3 is 0 Å². The first-order valence-electron chi connectivity index (χ1n) is 41.1. The summed E-state index contributed by atoms with van der Waals surface area (Å²) in [5.41, 5.74) is 36.0. The number of rotatable bonds is 10. The maximum Gasteiger partial charge on any atom is 0.252 e. The average Bonchev–Trinajstić information content (AvgIpc) is 0.706. The molecule has 2 aliphatic rings. The van der Waals surface area contributed by atoms with Crippen molar-refractivity contribution in [2.75, 3.05) is 9.80 Å². The Morgan fingerprint density at radius 3 is 1.13 bits per heavy atom. The summed E-state index contributed by atoms with van der Waals surface area (Å²) in [5.74, 6) is 0. The second-order valence-corrected chi connectivity index (χ2v) is 38.5. The first-order valence-corrected chi connectivity index (χ1v) is 41.1. The molecule has 0 N–H and O–H groups in total. The monoisotopic (exact) mass is 1500 g/mol. The Morgan fingerprint density at radius 1 is 0.293 bits per heavy atom. The standard InChI is InChI=1S/C110H102BN5/c1-105(2,3)80-36-30-35-74(53-80)75-47-52-98-95(62-75)111-94-51-50-87(114-96-39-28-26-37-88(96)89-38-27-29-40-97(89)114)67-99(94)116(104-91(73-33-24-21-25-34-73)59-77(71-45-48-86(113-19)49-46-71)61-93(104)79-56-83(108(10,11)12)64-84(57-79)109(13,14)15)101-66-85(110(16,17)18)65-100(102(101)111)115(98)103-90(72-31-22-20-23-32-72)58-76(70-43-41-69(68-112)42-44-70)60-92(103)78-54-81(106(4,5)6)63-82(55-78)107(7,8)9/h20-67H,1-18H3. The number of hydrogen-bond acceptors (Lipinski definition) is 3. The van der Waals surface area contributed by atoms with E-state index in [1.165, 1.54) is 66.1 Å². The fraction of sp³-hybridized carbons (Fsp3) is 0.218.